The smallest absolute Gasteiger partial charge is 0.744 e. The fraction of sp³-hybridized carbons (Fsp3) is 0.0909. The van der Waals surface area contributed by atoms with Crippen LogP contribution in [0.3, 0.4) is 0 Å². The summed E-state index contributed by atoms with van der Waals surface area (Å²) in [5.41, 5.74) is 0.691. The molecular formula is C11H7KO5S. The Kier molecular flexibility index (Phi) is 4.82. The number of ketones is 2. The van der Waals surface area contributed by atoms with Gasteiger partial charge in [-0.1, -0.05) is 18.2 Å². The molecule has 1 aromatic carbocycles. The molecule has 0 N–H and O–H groups in total. The molecule has 0 fully saturated rings. The van der Waals surface area contributed by atoms with Crippen molar-refractivity contribution in [3.8, 4) is 0 Å². The van der Waals surface area contributed by atoms with Crippen molar-refractivity contribution in [2.24, 2.45) is 0 Å². The molecule has 18 heavy (non-hydrogen) atoms. The molecule has 0 heterocycles. The molecule has 0 saturated heterocycles. The summed E-state index contributed by atoms with van der Waals surface area (Å²) in [6.07, 6.45) is 0.597. The minimum Gasteiger partial charge on any atom is -0.744 e. The van der Waals surface area contributed by atoms with E-state index in [2.05, 4.69) is 0 Å². The van der Waals surface area contributed by atoms with E-state index in [1.54, 1.807) is 13.0 Å². The monoisotopic (exact) mass is 290 g/mol. The molecular weight excluding hydrogens is 283 g/mol. The van der Waals surface area contributed by atoms with Crippen molar-refractivity contribution >= 4 is 21.7 Å². The maximum Gasteiger partial charge on any atom is 1.00 e. The standard InChI is InChI=1S/C11H8O5S.K/c1-6-3-2-4-7-10(6)8(12)5-9(11(7)13)17(14,15)16;/h2-5H,1H3,(H,14,15,16);/q;+1/p-1. The topological polar surface area (TPSA) is 91.3 Å². The molecule has 0 amide bonds. The number of benzene rings is 1. The summed E-state index contributed by atoms with van der Waals surface area (Å²) in [6, 6.07) is 4.50. The summed E-state index contributed by atoms with van der Waals surface area (Å²) in [5, 5.41) is 0. The van der Waals surface area contributed by atoms with Gasteiger partial charge >= 0.3 is 51.4 Å². The Balaban J connectivity index is 0.00000162. The normalized spacial score (nSPS) is 14.7. The van der Waals surface area contributed by atoms with E-state index in [1.807, 2.05) is 0 Å². The predicted molar refractivity (Wildman–Crippen MR) is 57.6 cm³/mol. The van der Waals surface area contributed by atoms with E-state index in [-0.39, 0.29) is 62.5 Å². The Bertz CT molecular complexity index is 673. The second-order valence-electron chi connectivity index (χ2n) is 3.65. The van der Waals surface area contributed by atoms with Gasteiger partial charge in [0.1, 0.15) is 15.0 Å². The fourth-order valence-electron chi connectivity index (χ4n) is 1.76. The number of hydrogen-bond donors (Lipinski definition) is 0. The molecule has 0 unspecified atom stereocenters. The van der Waals surface area contributed by atoms with Gasteiger partial charge in [0.05, 0.1) is 0 Å². The molecule has 0 radical (unpaired) electrons. The third-order valence-corrected chi connectivity index (χ3v) is 3.36. The molecule has 5 nitrogen and oxygen atoms in total. The van der Waals surface area contributed by atoms with Crippen LogP contribution in [0.1, 0.15) is 26.3 Å². The van der Waals surface area contributed by atoms with Crippen LogP contribution in [0.2, 0.25) is 0 Å². The first-order valence-electron chi connectivity index (χ1n) is 4.68. The van der Waals surface area contributed by atoms with Crippen molar-refractivity contribution in [2.75, 3.05) is 0 Å². The number of carbonyl (C=O) groups is 2. The number of Topliss-reactive ketones (excluding diaryl/α,β-unsaturated/α-hetero) is 1. The van der Waals surface area contributed by atoms with Crippen LogP contribution in [-0.4, -0.2) is 24.5 Å². The van der Waals surface area contributed by atoms with Gasteiger partial charge in [-0.25, -0.2) is 8.42 Å². The van der Waals surface area contributed by atoms with Crippen LogP contribution in [0.5, 0.6) is 0 Å². The first kappa shape index (κ1) is 15.9. The summed E-state index contributed by atoms with van der Waals surface area (Å²) in [7, 11) is -4.92. The molecule has 1 aromatic rings. The van der Waals surface area contributed by atoms with Crippen LogP contribution < -0.4 is 51.4 Å². The van der Waals surface area contributed by atoms with E-state index in [4.69, 9.17) is 0 Å². The van der Waals surface area contributed by atoms with Crippen molar-refractivity contribution in [2.45, 2.75) is 6.92 Å². The van der Waals surface area contributed by atoms with Gasteiger partial charge in [0.25, 0.3) is 0 Å². The zero-order valence-corrected chi connectivity index (χ0v) is 13.7. The van der Waals surface area contributed by atoms with Gasteiger partial charge in [0.2, 0.25) is 5.78 Å². The van der Waals surface area contributed by atoms with Crippen molar-refractivity contribution < 1.29 is 73.9 Å². The predicted octanol–water partition coefficient (Wildman–Crippen LogP) is -2.19. The van der Waals surface area contributed by atoms with Gasteiger partial charge in [-0.15, -0.1) is 0 Å². The number of rotatable bonds is 1. The average molecular weight is 290 g/mol. The van der Waals surface area contributed by atoms with Crippen molar-refractivity contribution in [1.29, 1.82) is 0 Å². The minimum absolute atomic E-state index is 0. The molecule has 0 spiro atoms. The van der Waals surface area contributed by atoms with Gasteiger partial charge in [0, 0.05) is 17.2 Å². The van der Waals surface area contributed by atoms with E-state index < -0.39 is 26.6 Å². The third kappa shape index (κ3) is 2.72. The van der Waals surface area contributed by atoms with Gasteiger partial charge in [-0.05, 0) is 12.5 Å². The summed E-state index contributed by atoms with van der Waals surface area (Å²) in [5.74, 6) is -1.55. The maximum atomic E-state index is 11.8. The van der Waals surface area contributed by atoms with E-state index >= 15 is 0 Å². The molecule has 88 valence electrons. The SMILES string of the molecule is Cc1cccc2c1C(=O)C=C(S(=O)(=O)[O-])C2=O.[K+]. The Morgan fingerprint density at radius 2 is 1.78 bits per heavy atom. The molecule has 0 aliphatic heterocycles. The van der Waals surface area contributed by atoms with E-state index in [9.17, 15) is 22.6 Å². The number of carbonyl (C=O) groups excluding carboxylic acids is 2. The quantitative estimate of drug-likeness (QED) is 0.433. The van der Waals surface area contributed by atoms with Gasteiger partial charge < -0.3 is 4.55 Å². The molecule has 0 bridgehead atoms. The van der Waals surface area contributed by atoms with Gasteiger partial charge in [-0.3, -0.25) is 9.59 Å². The molecule has 0 saturated carbocycles. The Morgan fingerprint density at radius 3 is 2.33 bits per heavy atom. The Labute approximate surface area is 146 Å². The second kappa shape index (κ2) is 5.46. The zero-order chi connectivity index (χ0) is 12.8. The molecule has 7 heteroatoms. The third-order valence-electron chi connectivity index (χ3n) is 2.52. The molecule has 1 aliphatic carbocycles. The summed E-state index contributed by atoms with van der Waals surface area (Å²) in [4.78, 5) is 22.5. The van der Waals surface area contributed by atoms with Crippen LogP contribution in [0, 0.1) is 6.92 Å². The number of fused-ring (bicyclic) bond motifs is 1. The first-order chi connectivity index (χ1) is 7.82. The summed E-state index contributed by atoms with van der Waals surface area (Å²) >= 11 is 0. The van der Waals surface area contributed by atoms with Gasteiger partial charge in [-0.2, -0.15) is 0 Å². The maximum absolute atomic E-state index is 11.8. The van der Waals surface area contributed by atoms with E-state index in [1.165, 1.54) is 12.1 Å². The summed E-state index contributed by atoms with van der Waals surface area (Å²) < 4.78 is 32.5. The van der Waals surface area contributed by atoms with Crippen LogP contribution in [0.25, 0.3) is 0 Å². The van der Waals surface area contributed by atoms with Crippen molar-refractivity contribution in [3.05, 3.63) is 45.9 Å². The second-order valence-corrected chi connectivity index (χ2v) is 5.00. The van der Waals surface area contributed by atoms with Crippen molar-refractivity contribution in [1.82, 2.24) is 0 Å². The minimum atomic E-state index is -4.92. The zero-order valence-electron chi connectivity index (χ0n) is 9.76. The number of allylic oxidation sites excluding steroid dienone is 2. The molecule has 0 atom stereocenters. The van der Waals surface area contributed by atoms with Crippen LogP contribution in [0.4, 0.5) is 0 Å². The van der Waals surface area contributed by atoms with Gasteiger partial charge in [0.15, 0.2) is 5.78 Å². The van der Waals surface area contributed by atoms with E-state index in [0.717, 1.165) is 0 Å². The largest absolute Gasteiger partial charge is 1.00 e. The number of hydrogen-bond acceptors (Lipinski definition) is 5. The van der Waals surface area contributed by atoms with Crippen LogP contribution in [-0.2, 0) is 10.1 Å². The average Bonchev–Trinajstić information content (AvgIpc) is 2.21. The van der Waals surface area contributed by atoms with Crippen molar-refractivity contribution in [3.63, 3.8) is 0 Å². The molecule has 2 rings (SSSR count). The number of aryl methyl sites for hydroxylation is 1. The Morgan fingerprint density at radius 1 is 1.17 bits per heavy atom. The first-order valence-corrected chi connectivity index (χ1v) is 6.09. The molecule has 1 aliphatic rings. The van der Waals surface area contributed by atoms with Crippen LogP contribution in [0.15, 0.2) is 29.2 Å². The molecule has 0 aromatic heterocycles. The fourth-order valence-corrected chi connectivity index (χ4v) is 2.35. The summed E-state index contributed by atoms with van der Waals surface area (Å²) in [6.45, 7) is 1.63. The van der Waals surface area contributed by atoms with Crippen LogP contribution >= 0.6 is 0 Å². The van der Waals surface area contributed by atoms with E-state index in [0.29, 0.717) is 11.6 Å². The Hall–Kier alpha value is -0.154.